The molecule has 1 N–H and O–H groups in total. The Kier molecular flexibility index (Phi) is 2.09. The van der Waals surface area contributed by atoms with Gasteiger partial charge < -0.3 is 9.67 Å². The number of rotatable bonds is 2. The van der Waals surface area contributed by atoms with Gasteiger partial charge in [-0.1, -0.05) is 11.3 Å². The van der Waals surface area contributed by atoms with E-state index in [1.807, 2.05) is 24.5 Å². The molecular weight excluding hydrogens is 200 g/mol. The van der Waals surface area contributed by atoms with E-state index in [1.54, 1.807) is 11.5 Å². The lowest BCUT2D eigenvalue weighted by Gasteiger charge is -1.92. The molecule has 0 aliphatic rings. The second-order valence-electron chi connectivity index (χ2n) is 2.81. The van der Waals surface area contributed by atoms with Gasteiger partial charge in [-0.15, -0.1) is 0 Å². The Hall–Kier alpha value is -1.62. The lowest BCUT2D eigenvalue weighted by atomic mass is 10.4. The molecule has 0 radical (unpaired) electrons. The van der Waals surface area contributed by atoms with Crippen LogP contribution in [-0.4, -0.2) is 20.6 Å². The average Bonchev–Trinajstić information content (AvgIpc) is 2.70. The van der Waals surface area contributed by atoms with E-state index in [-0.39, 0.29) is 0 Å². The van der Waals surface area contributed by atoms with Crippen LogP contribution in [0.3, 0.4) is 0 Å². The quantitative estimate of drug-likeness (QED) is 0.820. The minimum Gasteiger partial charge on any atom is -0.477 e. The van der Waals surface area contributed by atoms with Crippen LogP contribution < -0.4 is 0 Å². The van der Waals surface area contributed by atoms with Gasteiger partial charge >= 0.3 is 5.97 Å². The number of carboxylic acid groups (broad SMARTS) is 1. The number of aryl methyl sites for hydroxylation is 1. The van der Waals surface area contributed by atoms with Crippen LogP contribution in [-0.2, 0) is 0 Å². The number of hydrogen-bond donors (Lipinski definition) is 1. The highest BCUT2D eigenvalue weighted by Gasteiger charge is 2.14. The normalized spacial score (nSPS) is 10.4. The maximum Gasteiger partial charge on any atom is 0.347 e. The molecule has 0 fully saturated rings. The maximum atomic E-state index is 10.8. The molecule has 2 aromatic heterocycles. The molecule has 0 bridgehead atoms. The zero-order chi connectivity index (χ0) is 10.1. The first-order valence-corrected chi connectivity index (χ1v) is 4.84. The summed E-state index contributed by atoms with van der Waals surface area (Å²) in [6.07, 6.45) is 3.67. The third-order valence-electron chi connectivity index (χ3n) is 1.80. The molecule has 0 unspecified atom stereocenters. The van der Waals surface area contributed by atoms with Gasteiger partial charge in [0.25, 0.3) is 0 Å². The fourth-order valence-corrected chi connectivity index (χ4v) is 2.03. The van der Waals surface area contributed by atoms with Gasteiger partial charge in [0, 0.05) is 12.4 Å². The molecule has 0 spiro atoms. The molecule has 0 atom stereocenters. The molecule has 0 aromatic carbocycles. The van der Waals surface area contributed by atoms with E-state index in [4.69, 9.17) is 5.11 Å². The molecule has 0 aliphatic heterocycles. The van der Waals surface area contributed by atoms with Crippen LogP contribution in [0.4, 0.5) is 0 Å². The summed E-state index contributed by atoms with van der Waals surface area (Å²) in [7, 11) is 0. The van der Waals surface area contributed by atoms with Crippen molar-refractivity contribution in [3.05, 3.63) is 35.1 Å². The van der Waals surface area contributed by atoms with Crippen molar-refractivity contribution < 1.29 is 9.90 Å². The summed E-state index contributed by atoms with van der Waals surface area (Å²) in [5.41, 5.74) is 0.561. The summed E-state index contributed by atoms with van der Waals surface area (Å²) >= 11 is 1.18. The number of carboxylic acids is 1. The standard InChI is InChI=1S/C9H8N2O2S/c1-6-7(8(12)13)14-9(10-6)11-4-2-3-5-11/h2-5H,1H3,(H,12,13). The Morgan fingerprint density at radius 3 is 2.64 bits per heavy atom. The van der Waals surface area contributed by atoms with Crippen molar-refractivity contribution in [3.8, 4) is 5.13 Å². The van der Waals surface area contributed by atoms with Crippen LogP contribution in [0.25, 0.3) is 5.13 Å². The van der Waals surface area contributed by atoms with Crippen molar-refractivity contribution in [3.63, 3.8) is 0 Å². The van der Waals surface area contributed by atoms with Gasteiger partial charge in [-0.2, -0.15) is 0 Å². The molecule has 2 heterocycles. The smallest absolute Gasteiger partial charge is 0.347 e. The van der Waals surface area contributed by atoms with Crippen LogP contribution >= 0.6 is 11.3 Å². The predicted molar refractivity (Wildman–Crippen MR) is 53.1 cm³/mol. The minimum atomic E-state index is -0.918. The number of aromatic nitrogens is 2. The molecular formula is C9H8N2O2S. The molecule has 0 aliphatic carbocycles. The SMILES string of the molecule is Cc1nc(-n2cccc2)sc1C(=O)O. The maximum absolute atomic E-state index is 10.8. The highest BCUT2D eigenvalue weighted by atomic mass is 32.1. The number of nitrogens with zero attached hydrogens (tertiary/aromatic N) is 2. The second kappa shape index (κ2) is 3.26. The topological polar surface area (TPSA) is 55.1 Å². The van der Waals surface area contributed by atoms with E-state index < -0.39 is 5.97 Å². The Bertz CT molecular complexity index is 459. The molecule has 0 saturated carbocycles. The third kappa shape index (κ3) is 1.42. The van der Waals surface area contributed by atoms with E-state index >= 15 is 0 Å². The van der Waals surface area contributed by atoms with Crippen LogP contribution in [0.2, 0.25) is 0 Å². The highest BCUT2D eigenvalue weighted by Crippen LogP contribution is 2.21. The summed E-state index contributed by atoms with van der Waals surface area (Å²) in [5, 5.41) is 9.52. The first-order valence-electron chi connectivity index (χ1n) is 4.02. The van der Waals surface area contributed by atoms with Gasteiger partial charge in [0.2, 0.25) is 0 Å². The van der Waals surface area contributed by atoms with Crippen LogP contribution in [0.15, 0.2) is 24.5 Å². The summed E-state index contributed by atoms with van der Waals surface area (Å²) in [6, 6.07) is 3.74. The number of carbonyl (C=O) groups is 1. The van der Waals surface area contributed by atoms with Crippen molar-refractivity contribution in [2.45, 2.75) is 6.92 Å². The third-order valence-corrected chi connectivity index (χ3v) is 2.96. The highest BCUT2D eigenvalue weighted by molar-refractivity contribution is 7.16. The lowest BCUT2D eigenvalue weighted by Crippen LogP contribution is -1.94. The van der Waals surface area contributed by atoms with Crippen molar-refractivity contribution >= 4 is 17.3 Å². The van der Waals surface area contributed by atoms with E-state index in [2.05, 4.69) is 4.98 Å². The zero-order valence-electron chi connectivity index (χ0n) is 7.47. The Morgan fingerprint density at radius 1 is 1.50 bits per heavy atom. The Morgan fingerprint density at radius 2 is 2.14 bits per heavy atom. The fourth-order valence-electron chi connectivity index (χ4n) is 1.15. The van der Waals surface area contributed by atoms with Crippen molar-refractivity contribution in [1.29, 1.82) is 0 Å². The first kappa shape index (κ1) is 8.96. The van der Waals surface area contributed by atoms with Crippen molar-refractivity contribution in [2.24, 2.45) is 0 Å². The number of hydrogen-bond acceptors (Lipinski definition) is 3. The van der Waals surface area contributed by atoms with Crippen LogP contribution in [0.1, 0.15) is 15.4 Å². The number of thiazole rings is 1. The summed E-state index contributed by atoms with van der Waals surface area (Å²) in [5.74, 6) is -0.918. The second-order valence-corrected chi connectivity index (χ2v) is 3.78. The van der Waals surface area contributed by atoms with E-state index in [9.17, 15) is 4.79 Å². The molecule has 2 aromatic rings. The fraction of sp³-hybridized carbons (Fsp3) is 0.111. The van der Waals surface area contributed by atoms with E-state index in [0.29, 0.717) is 15.7 Å². The Labute approximate surface area is 84.5 Å². The molecule has 0 amide bonds. The van der Waals surface area contributed by atoms with Gasteiger partial charge in [-0.3, -0.25) is 0 Å². The molecule has 72 valence electrons. The van der Waals surface area contributed by atoms with E-state index in [0.717, 1.165) is 0 Å². The van der Waals surface area contributed by atoms with Gasteiger partial charge in [0.05, 0.1) is 5.69 Å². The van der Waals surface area contributed by atoms with Crippen molar-refractivity contribution in [2.75, 3.05) is 0 Å². The van der Waals surface area contributed by atoms with E-state index in [1.165, 1.54) is 11.3 Å². The lowest BCUT2D eigenvalue weighted by molar-refractivity contribution is 0.0701. The molecule has 4 nitrogen and oxygen atoms in total. The largest absolute Gasteiger partial charge is 0.477 e. The Balaban J connectivity index is 2.48. The monoisotopic (exact) mass is 208 g/mol. The minimum absolute atomic E-state index is 0.300. The van der Waals surface area contributed by atoms with Gasteiger partial charge in [0.1, 0.15) is 4.88 Å². The average molecular weight is 208 g/mol. The summed E-state index contributed by atoms with van der Waals surface area (Å²) in [6.45, 7) is 1.70. The van der Waals surface area contributed by atoms with Gasteiger partial charge in [-0.05, 0) is 19.1 Å². The molecule has 2 rings (SSSR count). The summed E-state index contributed by atoms with van der Waals surface area (Å²) in [4.78, 5) is 15.2. The first-order chi connectivity index (χ1) is 6.68. The molecule has 0 saturated heterocycles. The van der Waals surface area contributed by atoms with Crippen LogP contribution in [0.5, 0.6) is 0 Å². The number of aromatic carboxylic acids is 1. The molecule has 14 heavy (non-hydrogen) atoms. The van der Waals surface area contributed by atoms with Crippen LogP contribution in [0, 0.1) is 6.92 Å². The van der Waals surface area contributed by atoms with Gasteiger partial charge in [0.15, 0.2) is 5.13 Å². The molecule has 5 heteroatoms. The van der Waals surface area contributed by atoms with Gasteiger partial charge in [-0.25, -0.2) is 9.78 Å². The van der Waals surface area contributed by atoms with Crippen molar-refractivity contribution in [1.82, 2.24) is 9.55 Å². The predicted octanol–water partition coefficient (Wildman–Crippen LogP) is 1.94. The zero-order valence-corrected chi connectivity index (χ0v) is 8.28. The summed E-state index contributed by atoms with van der Waals surface area (Å²) < 4.78 is 1.80.